The molecule has 1 amide bonds. The Morgan fingerprint density at radius 1 is 1.48 bits per heavy atom. The van der Waals surface area contributed by atoms with Crippen molar-refractivity contribution in [2.45, 2.75) is 25.8 Å². The van der Waals surface area contributed by atoms with Gasteiger partial charge in [0, 0.05) is 19.1 Å². The fraction of sp³-hybridized carbons (Fsp3) is 0.412. The molecule has 0 radical (unpaired) electrons. The first kappa shape index (κ1) is 19.7. The van der Waals surface area contributed by atoms with Gasteiger partial charge < -0.3 is 14.7 Å². The van der Waals surface area contributed by atoms with Gasteiger partial charge in [-0.2, -0.15) is 0 Å². The molecule has 0 bridgehead atoms. The Balaban J connectivity index is 0.00000225. The highest BCUT2D eigenvalue weighted by molar-refractivity contribution is 6.33. The van der Waals surface area contributed by atoms with Gasteiger partial charge in [0.25, 0.3) is 5.91 Å². The number of carbonyl (C=O) groups excluding carboxylic acids is 1. The van der Waals surface area contributed by atoms with Gasteiger partial charge in [0.05, 0.1) is 10.6 Å². The van der Waals surface area contributed by atoms with Crippen molar-refractivity contribution in [1.82, 2.24) is 15.4 Å². The summed E-state index contributed by atoms with van der Waals surface area (Å²) >= 11 is 6.12. The van der Waals surface area contributed by atoms with Crippen LogP contribution in [0, 0.1) is 12.7 Å². The van der Waals surface area contributed by atoms with E-state index in [0.717, 1.165) is 12.8 Å². The van der Waals surface area contributed by atoms with Gasteiger partial charge >= 0.3 is 0 Å². The number of likely N-dealkylation sites (N-methyl/N-ethyl adjacent to an activating group) is 1. The zero-order valence-corrected chi connectivity index (χ0v) is 15.6. The molecule has 0 aliphatic carbocycles. The molecule has 1 N–H and O–H groups in total. The van der Waals surface area contributed by atoms with Gasteiger partial charge in [0.1, 0.15) is 22.8 Å². The summed E-state index contributed by atoms with van der Waals surface area (Å²) < 4.78 is 19.4. The monoisotopic (exact) mass is 387 g/mol. The predicted octanol–water partition coefficient (Wildman–Crippen LogP) is 3.69. The van der Waals surface area contributed by atoms with Gasteiger partial charge in [-0.15, -0.1) is 12.4 Å². The van der Waals surface area contributed by atoms with Crippen LogP contribution in [0.5, 0.6) is 0 Å². The molecule has 25 heavy (non-hydrogen) atoms. The molecular formula is C17H20Cl2FN3O2. The molecule has 0 spiro atoms. The molecule has 136 valence electrons. The molecular weight excluding hydrogens is 368 g/mol. The lowest BCUT2D eigenvalue weighted by Gasteiger charge is -2.32. The van der Waals surface area contributed by atoms with Crippen LogP contribution in [0.15, 0.2) is 22.7 Å². The number of nitrogens with one attached hydrogen (secondary N) is 1. The Kier molecular flexibility index (Phi) is 6.43. The standard InChI is InChI=1S/C17H19ClFN3O2.ClH/c1-10-14(17(23)22-8-4-5-11(9-22)20-2)16(21-24-10)15-12(18)6-3-7-13(15)19;/h3,6-7,11,20H,4-5,8-9H2,1-2H3;1H. The largest absolute Gasteiger partial charge is 0.360 e. The van der Waals surface area contributed by atoms with Crippen molar-refractivity contribution in [2.75, 3.05) is 20.1 Å². The van der Waals surface area contributed by atoms with Crippen molar-refractivity contribution in [1.29, 1.82) is 0 Å². The van der Waals surface area contributed by atoms with Crippen molar-refractivity contribution < 1.29 is 13.7 Å². The number of rotatable bonds is 3. The summed E-state index contributed by atoms with van der Waals surface area (Å²) in [6.45, 7) is 2.91. The highest BCUT2D eigenvalue weighted by Crippen LogP contribution is 2.34. The molecule has 1 fully saturated rings. The van der Waals surface area contributed by atoms with Gasteiger partial charge in [0.2, 0.25) is 0 Å². The molecule has 1 aliphatic heterocycles. The number of nitrogens with zero attached hydrogens (tertiary/aromatic N) is 2. The number of halogens is 3. The Bertz CT molecular complexity index is 746. The third-order valence-corrected chi connectivity index (χ3v) is 4.71. The summed E-state index contributed by atoms with van der Waals surface area (Å²) in [5.41, 5.74) is 0.535. The van der Waals surface area contributed by atoms with Crippen LogP contribution in [0.3, 0.4) is 0 Å². The van der Waals surface area contributed by atoms with Crippen LogP contribution in [-0.4, -0.2) is 42.1 Å². The zero-order chi connectivity index (χ0) is 17.3. The Labute approximate surface area is 156 Å². The van der Waals surface area contributed by atoms with Crippen LogP contribution in [-0.2, 0) is 0 Å². The van der Waals surface area contributed by atoms with E-state index in [1.54, 1.807) is 17.9 Å². The second-order valence-electron chi connectivity index (χ2n) is 5.94. The maximum absolute atomic E-state index is 14.2. The minimum absolute atomic E-state index is 0. The lowest BCUT2D eigenvalue weighted by molar-refractivity contribution is 0.0697. The lowest BCUT2D eigenvalue weighted by atomic mass is 10.0. The number of hydrogen-bond donors (Lipinski definition) is 1. The number of aryl methyl sites for hydroxylation is 1. The van der Waals surface area contributed by atoms with Crippen LogP contribution < -0.4 is 5.32 Å². The highest BCUT2D eigenvalue weighted by Gasteiger charge is 2.31. The van der Waals surface area contributed by atoms with Crippen LogP contribution in [0.25, 0.3) is 11.3 Å². The van der Waals surface area contributed by atoms with Gasteiger partial charge in [-0.3, -0.25) is 4.79 Å². The topological polar surface area (TPSA) is 58.4 Å². The number of carbonyl (C=O) groups is 1. The van der Waals surface area contributed by atoms with Crippen LogP contribution in [0.2, 0.25) is 5.02 Å². The van der Waals surface area contributed by atoms with Gasteiger partial charge in [-0.25, -0.2) is 4.39 Å². The molecule has 0 saturated carbocycles. The number of amides is 1. The summed E-state index contributed by atoms with van der Waals surface area (Å²) in [6.07, 6.45) is 1.94. The molecule has 1 saturated heterocycles. The molecule has 1 aromatic carbocycles. The third kappa shape index (κ3) is 3.81. The van der Waals surface area contributed by atoms with E-state index in [0.29, 0.717) is 18.8 Å². The van der Waals surface area contributed by atoms with Crippen molar-refractivity contribution in [3.63, 3.8) is 0 Å². The Morgan fingerprint density at radius 3 is 2.92 bits per heavy atom. The first-order chi connectivity index (χ1) is 11.5. The zero-order valence-electron chi connectivity index (χ0n) is 14.0. The molecule has 5 nitrogen and oxygen atoms in total. The molecule has 1 aromatic heterocycles. The van der Waals surface area contributed by atoms with Crippen LogP contribution in [0.4, 0.5) is 4.39 Å². The first-order valence-corrected chi connectivity index (χ1v) is 8.28. The number of benzene rings is 1. The molecule has 3 rings (SSSR count). The normalized spacial score (nSPS) is 17.3. The number of likely N-dealkylation sites (tertiary alicyclic amines) is 1. The molecule has 8 heteroatoms. The van der Waals surface area contributed by atoms with E-state index in [2.05, 4.69) is 10.5 Å². The van der Waals surface area contributed by atoms with E-state index < -0.39 is 5.82 Å². The Morgan fingerprint density at radius 2 is 2.24 bits per heavy atom. The molecule has 1 atom stereocenters. The predicted molar refractivity (Wildman–Crippen MR) is 96.9 cm³/mol. The van der Waals surface area contributed by atoms with E-state index in [1.807, 2.05) is 7.05 Å². The summed E-state index contributed by atoms with van der Waals surface area (Å²) in [4.78, 5) is 14.7. The van der Waals surface area contributed by atoms with Crippen molar-refractivity contribution in [2.24, 2.45) is 0 Å². The molecule has 2 heterocycles. The fourth-order valence-corrected chi connectivity index (χ4v) is 3.33. The van der Waals surface area contributed by atoms with Crippen LogP contribution in [0.1, 0.15) is 29.0 Å². The van der Waals surface area contributed by atoms with Crippen molar-refractivity contribution >= 4 is 29.9 Å². The average molecular weight is 388 g/mol. The highest BCUT2D eigenvalue weighted by atomic mass is 35.5. The van der Waals surface area contributed by atoms with Gasteiger partial charge in [0.15, 0.2) is 0 Å². The summed E-state index contributed by atoms with van der Waals surface area (Å²) in [5, 5.41) is 7.30. The summed E-state index contributed by atoms with van der Waals surface area (Å²) in [7, 11) is 1.88. The third-order valence-electron chi connectivity index (χ3n) is 4.39. The number of aromatic nitrogens is 1. The van der Waals surface area contributed by atoms with E-state index >= 15 is 0 Å². The van der Waals surface area contributed by atoms with Crippen molar-refractivity contribution in [3.05, 3.63) is 40.4 Å². The Hall–Kier alpha value is -1.63. The van der Waals surface area contributed by atoms with Crippen LogP contribution >= 0.6 is 24.0 Å². The molecule has 1 unspecified atom stereocenters. The van der Waals surface area contributed by atoms with E-state index in [-0.39, 0.29) is 46.2 Å². The van der Waals surface area contributed by atoms with E-state index in [4.69, 9.17) is 16.1 Å². The maximum atomic E-state index is 14.2. The SMILES string of the molecule is CNC1CCCN(C(=O)c2c(-c3c(F)cccc3Cl)noc2C)C1.Cl. The van der Waals surface area contributed by atoms with E-state index in [9.17, 15) is 9.18 Å². The number of hydrogen-bond acceptors (Lipinski definition) is 4. The van der Waals surface area contributed by atoms with E-state index in [1.165, 1.54) is 12.1 Å². The molecule has 1 aliphatic rings. The lowest BCUT2D eigenvalue weighted by Crippen LogP contribution is -2.47. The number of piperidine rings is 1. The second-order valence-corrected chi connectivity index (χ2v) is 6.35. The average Bonchev–Trinajstić information content (AvgIpc) is 2.95. The van der Waals surface area contributed by atoms with Crippen molar-refractivity contribution in [3.8, 4) is 11.3 Å². The second kappa shape index (κ2) is 8.17. The minimum Gasteiger partial charge on any atom is -0.360 e. The summed E-state index contributed by atoms with van der Waals surface area (Å²) in [6, 6.07) is 4.62. The van der Waals surface area contributed by atoms with Gasteiger partial charge in [-0.1, -0.05) is 22.8 Å². The fourth-order valence-electron chi connectivity index (χ4n) is 3.07. The van der Waals surface area contributed by atoms with Gasteiger partial charge in [-0.05, 0) is 38.9 Å². The molecule has 2 aromatic rings. The minimum atomic E-state index is -0.531. The smallest absolute Gasteiger partial charge is 0.259 e. The maximum Gasteiger partial charge on any atom is 0.259 e. The summed E-state index contributed by atoms with van der Waals surface area (Å²) in [5.74, 6) is -0.375. The quantitative estimate of drug-likeness (QED) is 0.872. The first-order valence-electron chi connectivity index (χ1n) is 7.90.